The predicted molar refractivity (Wildman–Crippen MR) is 110 cm³/mol. The molecule has 10 heteroatoms. The quantitative estimate of drug-likeness (QED) is 0.514. The number of rotatable bonds is 2. The predicted octanol–water partition coefficient (Wildman–Crippen LogP) is 0.929. The first-order chi connectivity index (χ1) is 14.3. The number of imidazole rings is 1. The fourth-order valence-electron chi connectivity index (χ4n) is 4.19. The Kier molecular flexibility index (Phi) is 3.79. The number of fused-ring (bicyclic) bond motifs is 2. The Hall–Kier alpha value is -3.95. The number of nitrogens with zero attached hydrogens (tertiary/aromatic N) is 5. The lowest BCUT2D eigenvalue weighted by atomic mass is 9.85. The summed E-state index contributed by atoms with van der Waals surface area (Å²) in [5, 5.41) is 13.9. The van der Waals surface area contributed by atoms with Gasteiger partial charge >= 0.3 is 5.69 Å². The van der Waals surface area contributed by atoms with Crippen molar-refractivity contribution in [3.8, 4) is 5.82 Å². The fraction of sp³-hybridized carbons (Fsp3) is 0.250. The molecule has 0 saturated heterocycles. The third kappa shape index (κ3) is 2.53. The summed E-state index contributed by atoms with van der Waals surface area (Å²) in [6.07, 6.45) is 0.269. The van der Waals surface area contributed by atoms with E-state index in [0.29, 0.717) is 11.6 Å². The number of aryl methyl sites for hydroxylation is 3. The Morgan fingerprint density at radius 1 is 1.03 bits per heavy atom. The molecule has 5 rings (SSSR count). The lowest BCUT2D eigenvalue weighted by molar-refractivity contribution is -0.116. The maximum absolute atomic E-state index is 12.6. The van der Waals surface area contributed by atoms with E-state index in [2.05, 4.69) is 20.6 Å². The highest BCUT2D eigenvalue weighted by Crippen LogP contribution is 2.40. The SMILES string of the molecule is Cc1nn(-c2ccc(=O)[nH]n2)c2c1[C@@H](c1ccc3c(c1)n(C)c(=O)n3C)CC(=O)N2. The highest BCUT2D eigenvalue weighted by atomic mass is 16.2. The summed E-state index contributed by atoms with van der Waals surface area (Å²) in [5.41, 5.74) is 3.79. The van der Waals surface area contributed by atoms with Crippen LogP contribution in [0.1, 0.15) is 29.2 Å². The zero-order valence-electron chi connectivity index (χ0n) is 16.6. The topological polar surface area (TPSA) is 120 Å². The van der Waals surface area contributed by atoms with E-state index in [1.165, 1.54) is 10.7 Å². The van der Waals surface area contributed by atoms with Crippen molar-refractivity contribution in [2.24, 2.45) is 14.1 Å². The van der Waals surface area contributed by atoms with Crippen molar-refractivity contribution >= 4 is 22.8 Å². The van der Waals surface area contributed by atoms with Crippen molar-refractivity contribution in [3.63, 3.8) is 0 Å². The molecule has 1 aromatic carbocycles. The van der Waals surface area contributed by atoms with Crippen molar-refractivity contribution in [1.82, 2.24) is 29.1 Å². The first-order valence-corrected chi connectivity index (χ1v) is 9.46. The number of hydrogen-bond donors (Lipinski definition) is 2. The molecule has 0 saturated carbocycles. The van der Waals surface area contributed by atoms with Gasteiger partial charge in [0.25, 0.3) is 5.56 Å². The average molecular weight is 405 g/mol. The van der Waals surface area contributed by atoms with Gasteiger partial charge < -0.3 is 5.32 Å². The summed E-state index contributed by atoms with van der Waals surface area (Å²) in [6, 6.07) is 8.72. The number of aromatic amines is 1. The van der Waals surface area contributed by atoms with Crippen molar-refractivity contribution in [2.45, 2.75) is 19.3 Å². The number of aromatic nitrogens is 6. The summed E-state index contributed by atoms with van der Waals surface area (Å²) in [4.78, 5) is 36.2. The highest BCUT2D eigenvalue weighted by Gasteiger charge is 2.33. The summed E-state index contributed by atoms with van der Waals surface area (Å²) < 4.78 is 4.73. The fourth-order valence-corrected chi connectivity index (χ4v) is 4.19. The van der Waals surface area contributed by atoms with Crippen LogP contribution in [0, 0.1) is 6.92 Å². The lowest BCUT2D eigenvalue weighted by Crippen LogP contribution is -2.25. The van der Waals surface area contributed by atoms with Crippen LogP contribution in [0.25, 0.3) is 16.9 Å². The van der Waals surface area contributed by atoms with Crippen molar-refractivity contribution in [3.05, 3.63) is 68.0 Å². The molecule has 0 aliphatic carbocycles. The van der Waals surface area contributed by atoms with Crippen LogP contribution in [0.5, 0.6) is 0 Å². The number of nitrogens with one attached hydrogen (secondary N) is 2. The van der Waals surface area contributed by atoms with Crippen molar-refractivity contribution in [1.29, 1.82) is 0 Å². The van der Waals surface area contributed by atoms with Gasteiger partial charge in [0.2, 0.25) is 5.91 Å². The Morgan fingerprint density at radius 3 is 2.53 bits per heavy atom. The minimum atomic E-state index is -0.319. The zero-order valence-corrected chi connectivity index (χ0v) is 16.6. The molecule has 0 fully saturated rings. The maximum atomic E-state index is 12.6. The second-order valence-electron chi connectivity index (χ2n) is 7.49. The van der Waals surface area contributed by atoms with Gasteiger partial charge in [0.1, 0.15) is 5.82 Å². The molecular weight excluding hydrogens is 386 g/mol. The molecule has 10 nitrogen and oxygen atoms in total. The molecule has 1 aliphatic heterocycles. The largest absolute Gasteiger partial charge is 0.328 e. The molecule has 0 unspecified atom stereocenters. The molecule has 0 bridgehead atoms. The van der Waals surface area contributed by atoms with Crippen LogP contribution in [0.15, 0.2) is 39.9 Å². The van der Waals surface area contributed by atoms with E-state index in [4.69, 9.17) is 0 Å². The van der Waals surface area contributed by atoms with Gasteiger partial charge in [-0.3, -0.25) is 18.7 Å². The maximum Gasteiger partial charge on any atom is 0.328 e. The molecule has 152 valence electrons. The smallest absolute Gasteiger partial charge is 0.310 e. The van der Waals surface area contributed by atoms with Crippen LogP contribution < -0.4 is 16.6 Å². The van der Waals surface area contributed by atoms with Crippen LogP contribution >= 0.6 is 0 Å². The molecule has 30 heavy (non-hydrogen) atoms. The van der Waals surface area contributed by atoms with E-state index in [1.807, 2.05) is 25.1 Å². The molecule has 0 radical (unpaired) electrons. The van der Waals surface area contributed by atoms with E-state index < -0.39 is 0 Å². The van der Waals surface area contributed by atoms with E-state index in [-0.39, 0.29) is 29.5 Å². The van der Waals surface area contributed by atoms with Gasteiger partial charge in [-0.1, -0.05) is 6.07 Å². The minimum Gasteiger partial charge on any atom is -0.310 e. The van der Waals surface area contributed by atoms with E-state index >= 15 is 0 Å². The third-order valence-electron chi connectivity index (χ3n) is 5.68. The van der Waals surface area contributed by atoms with Gasteiger partial charge in [-0.2, -0.15) is 14.9 Å². The monoisotopic (exact) mass is 405 g/mol. The summed E-state index contributed by atoms with van der Waals surface area (Å²) in [6.45, 7) is 1.88. The van der Waals surface area contributed by atoms with Gasteiger partial charge in [-0.25, -0.2) is 9.89 Å². The summed E-state index contributed by atoms with van der Waals surface area (Å²) in [5.74, 6) is 0.584. The number of H-pyrrole nitrogens is 1. The molecule has 1 atom stereocenters. The Balaban J connectivity index is 1.69. The minimum absolute atomic E-state index is 0.0997. The number of carbonyl (C=O) groups excluding carboxylic acids is 1. The molecular formula is C20H19N7O3. The van der Waals surface area contributed by atoms with Crippen molar-refractivity contribution in [2.75, 3.05) is 5.32 Å². The Bertz CT molecular complexity index is 1430. The Morgan fingerprint density at radius 2 is 1.80 bits per heavy atom. The van der Waals surface area contributed by atoms with Crippen LogP contribution in [-0.2, 0) is 18.9 Å². The van der Waals surface area contributed by atoms with Gasteiger partial charge in [0, 0.05) is 38.1 Å². The number of amides is 1. The standard InChI is InChI=1S/C20H19N7O3/c1-10-18-12(11-4-5-13-14(8-11)26(3)20(30)25(13)2)9-17(29)21-19(18)27(24-10)15-6-7-16(28)23-22-15/h4-8,12H,9H2,1-3H3,(H,21,29)(H,23,28)/t12-/m1/s1. The Labute approximate surface area is 169 Å². The normalized spacial score (nSPS) is 16.0. The van der Waals surface area contributed by atoms with E-state index in [1.54, 1.807) is 29.3 Å². The second-order valence-corrected chi connectivity index (χ2v) is 7.49. The number of carbonyl (C=O) groups is 1. The van der Waals surface area contributed by atoms with Gasteiger partial charge in [-0.15, -0.1) is 0 Å². The summed E-state index contributed by atoms with van der Waals surface area (Å²) >= 11 is 0. The third-order valence-corrected chi connectivity index (χ3v) is 5.68. The van der Waals surface area contributed by atoms with Crippen molar-refractivity contribution < 1.29 is 4.79 Å². The molecule has 4 aromatic rings. The van der Waals surface area contributed by atoms with Crippen LogP contribution in [-0.4, -0.2) is 35.0 Å². The van der Waals surface area contributed by atoms with Gasteiger partial charge in [-0.05, 0) is 30.7 Å². The van der Waals surface area contributed by atoms with E-state index in [9.17, 15) is 14.4 Å². The van der Waals surface area contributed by atoms with Crippen LogP contribution in [0.2, 0.25) is 0 Å². The molecule has 4 heterocycles. The van der Waals surface area contributed by atoms with Crippen LogP contribution in [0.3, 0.4) is 0 Å². The molecule has 2 N–H and O–H groups in total. The molecule has 1 aliphatic rings. The zero-order chi connectivity index (χ0) is 21.2. The number of anilines is 1. The number of hydrogen-bond acceptors (Lipinski definition) is 5. The molecule has 0 spiro atoms. The highest BCUT2D eigenvalue weighted by molar-refractivity contribution is 5.95. The first-order valence-electron chi connectivity index (χ1n) is 9.46. The van der Waals surface area contributed by atoms with Gasteiger partial charge in [0.05, 0.1) is 16.7 Å². The van der Waals surface area contributed by atoms with E-state index in [0.717, 1.165) is 27.9 Å². The number of benzene rings is 1. The lowest BCUT2D eigenvalue weighted by Gasteiger charge is -2.24. The first kappa shape index (κ1) is 18.1. The average Bonchev–Trinajstić information content (AvgIpc) is 3.17. The molecule has 1 amide bonds. The summed E-state index contributed by atoms with van der Waals surface area (Å²) in [7, 11) is 3.47. The van der Waals surface area contributed by atoms with Gasteiger partial charge in [0.15, 0.2) is 5.82 Å². The van der Waals surface area contributed by atoms with Crippen LogP contribution in [0.4, 0.5) is 5.82 Å². The molecule has 3 aromatic heterocycles. The second kappa shape index (κ2) is 6.28.